The average molecular weight is 261 g/mol. The zero-order valence-corrected chi connectivity index (χ0v) is 11.5. The minimum atomic E-state index is 0. The van der Waals surface area contributed by atoms with E-state index < -0.39 is 0 Å². The molecule has 0 radical (unpaired) electrons. The van der Waals surface area contributed by atoms with E-state index in [1.807, 2.05) is 0 Å². The Kier molecular flexibility index (Phi) is 5.74. The Bertz CT molecular complexity index is 244. The Hall–Kier alpha value is -0.280. The van der Waals surface area contributed by atoms with E-state index in [9.17, 15) is 4.79 Å². The predicted molar refractivity (Wildman–Crippen MR) is 72.2 cm³/mol. The highest BCUT2D eigenvalue weighted by Crippen LogP contribution is 2.28. The fourth-order valence-corrected chi connectivity index (χ4v) is 3.08. The summed E-state index contributed by atoms with van der Waals surface area (Å²) in [4.78, 5) is 14.2. The molecule has 0 aromatic carbocycles. The van der Waals surface area contributed by atoms with Crippen LogP contribution in [0.25, 0.3) is 0 Å². The molecule has 0 bridgehead atoms. The van der Waals surface area contributed by atoms with Crippen LogP contribution in [0.5, 0.6) is 0 Å². The van der Waals surface area contributed by atoms with Gasteiger partial charge in [0.1, 0.15) is 0 Å². The number of hydrogen-bond acceptors (Lipinski definition) is 2. The van der Waals surface area contributed by atoms with Gasteiger partial charge in [-0.3, -0.25) is 4.79 Å². The molecule has 1 amide bonds. The summed E-state index contributed by atoms with van der Waals surface area (Å²) in [6, 6.07) is 0.281. The third-order valence-electron chi connectivity index (χ3n) is 4.30. The van der Waals surface area contributed by atoms with Crippen LogP contribution in [0.1, 0.15) is 45.4 Å². The summed E-state index contributed by atoms with van der Waals surface area (Å²) in [7, 11) is 0. The third kappa shape index (κ3) is 3.59. The quantitative estimate of drug-likeness (QED) is 0.827. The molecule has 17 heavy (non-hydrogen) atoms. The standard InChI is InChI=1S/C13H24N2O.ClH/c1-10(14)11-6-8-15(9-7-11)13(16)12-4-2-3-5-12;/h10-12H,2-9,14H2,1H3;1H. The van der Waals surface area contributed by atoms with E-state index in [0.717, 1.165) is 38.8 Å². The van der Waals surface area contributed by atoms with E-state index in [1.165, 1.54) is 12.8 Å². The van der Waals surface area contributed by atoms with Gasteiger partial charge in [0.25, 0.3) is 0 Å². The largest absolute Gasteiger partial charge is 0.342 e. The number of likely N-dealkylation sites (tertiary alicyclic amines) is 1. The molecule has 2 aliphatic rings. The van der Waals surface area contributed by atoms with Gasteiger partial charge in [0.2, 0.25) is 5.91 Å². The van der Waals surface area contributed by atoms with E-state index >= 15 is 0 Å². The molecular weight excluding hydrogens is 236 g/mol. The van der Waals surface area contributed by atoms with Gasteiger partial charge in [0.15, 0.2) is 0 Å². The van der Waals surface area contributed by atoms with Crippen molar-refractivity contribution in [2.45, 2.75) is 51.5 Å². The summed E-state index contributed by atoms with van der Waals surface area (Å²) < 4.78 is 0. The number of carbonyl (C=O) groups excluding carboxylic acids is 1. The van der Waals surface area contributed by atoms with Crippen LogP contribution in [0, 0.1) is 11.8 Å². The van der Waals surface area contributed by atoms with Crippen LogP contribution in [-0.2, 0) is 4.79 Å². The van der Waals surface area contributed by atoms with Crippen molar-refractivity contribution in [1.82, 2.24) is 4.90 Å². The third-order valence-corrected chi connectivity index (χ3v) is 4.30. The van der Waals surface area contributed by atoms with E-state index in [-0.39, 0.29) is 18.4 Å². The molecule has 1 saturated heterocycles. The normalized spacial score (nSPS) is 24.5. The number of carbonyl (C=O) groups is 1. The number of nitrogens with zero attached hydrogens (tertiary/aromatic N) is 1. The molecule has 1 aliphatic heterocycles. The maximum atomic E-state index is 12.2. The second kappa shape index (κ2) is 6.60. The second-order valence-electron chi connectivity index (χ2n) is 5.50. The highest BCUT2D eigenvalue weighted by atomic mass is 35.5. The van der Waals surface area contributed by atoms with Crippen LogP contribution < -0.4 is 5.73 Å². The first-order chi connectivity index (χ1) is 7.68. The monoisotopic (exact) mass is 260 g/mol. The second-order valence-corrected chi connectivity index (χ2v) is 5.50. The Morgan fingerprint density at radius 1 is 1.18 bits per heavy atom. The van der Waals surface area contributed by atoms with Crippen molar-refractivity contribution in [3.63, 3.8) is 0 Å². The number of piperidine rings is 1. The van der Waals surface area contributed by atoms with Gasteiger partial charge >= 0.3 is 0 Å². The molecule has 1 heterocycles. The molecule has 2 fully saturated rings. The van der Waals surface area contributed by atoms with E-state index in [2.05, 4.69) is 11.8 Å². The van der Waals surface area contributed by atoms with Crippen molar-refractivity contribution in [3.05, 3.63) is 0 Å². The smallest absolute Gasteiger partial charge is 0.225 e. The molecule has 1 aliphatic carbocycles. The molecule has 3 nitrogen and oxygen atoms in total. The first kappa shape index (κ1) is 14.8. The Morgan fingerprint density at radius 3 is 2.18 bits per heavy atom. The van der Waals surface area contributed by atoms with Gasteiger partial charge in [-0.15, -0.1) is 12.4 Å². The molecule has 1 atom stereocenters. The van der Waals surface area contributed by atoms with Gasteiger partial charge in [-0.25, -0.2) is 0 Å². The zero-order chi connectivity index (χ0) is 11.5. The van der Waals surface area contributed by atoms with Crippen molar-refractivity contribution >= 4 is 18.3 Å². The maximum Gasteiger partial charge on any atom is 0.225 e. The van der Waals surface area contributed by atoms with E-state index in [4.69, 9.17) is 5.73 Å². The van der Waals surface area contributed by atoms with E-state index in [1.54, 1.807) is 0 Å². The topological polar surface area (TPSA) is 46.3 Å². The molecule has 1 unspecified atom stereocenters. The summed E-state index contributed by atoms with van der Waals surface area (Å²) in [5, 5.41) is 0. The van der Waals surface area contributed by atoms with Crippen LogP contribution in [-0.4, -0.2) is 29.9 Å². The predicted octanol–water partition coefficient (Wildman–Crippen LogP) is 2.18. The summed E-state index contributed by atoms with van der Waals surface area (Å²) >= 11 is 0. The lowest BCUT2D eigenvalue weighted by Gasteiger charge is -2.35. The maximum absolute atomic E-state index is 12.2. The summed E-state index contributed by atoms with van der Waals surface area (Å²) in [5.74, 6) is 1.38. The highest BCUT2D eigenvalue weighted by Gasteiger charge is 2.30. The molecule has 2 rings (SSSR count). The van der Waals surface area contributed by atoms with Gasteiger partial charge in [-0.05, 0) is 38.5 Å². The van der Waals surface area contributed by atoms with Gasteiger partial charge in [-0.2, -0.15) is 0 Å². The van der Waals surface area contributed by atoms with Crippen LogP contribution in [0.2, 0.25) is 0 Å². The Labute approximate surface area is 111 Å². The minimum absolute atomic E-state index is 0. The van der Waals surface area contributed by atoms with Gasteiger partial charge in [0.05, 0.1) is 0 Å². The Balaban J connectivity index is 0.00000144. The summed E-state index contributed by atoms with van der Waals surface area (Å²) in [6.07, 6.45) is 6.91. The van der Waals surface area contributed by atoms with Gasteiger partial charge in [-0.1, -0.05) is 12.8 Å². The minimum Gasteiger partial charge on any atom is -0.342 e. The first-order valence-corrected chi connectivity index (χ1v) is 6.73. The van der Waals surface area contributed by atoms with Crippen molar-refractivity contribution in [3.8, 4) is 0 Å². The number of halogens is 1. The van der Waals surface area contributed by atoms with Crippen molar-refractivity contribution in [2.24, 2.45) is 17.6 Å². The molecule has 1 saturated carbocycles. The zero-order valence-electron chi connectivity index (χ0n) is 10.7. The number of amides is 1. The highest BCUT2D eigenvalue weighted by molar-refractivity contribution is 5.85. The summed E-state index contributed by atoms with van der Waals surface area (Å²) in [6.45, 7) is 3.95. The van der Waals surface area contributed by atoms with Crippen LogP contribution in [0.4, 0.5) is 0 Å². The average Bonchev–Trinajstić information content (AvgIpc) is 2.81. The summed E-state index contributed by atoms with van der Waals surface area (Å²) in [5.41, 5.74) is 5.91. The molecule has 0 spiro atoms. The molecule has 0 aromatic rings. The number of nitrogens with two attached hydrogens (primary N) is 1. The molecule has 2 N–H and O–H groups in total. The van der Waals surface area contributed by atoms with Crippen molar-refractivity contribution in [1.29, 1.82) is 0 Å². The van der Waals surface area contributed by atoms with Gasteiger partial charge in [0, 0.05) is 25.0 Å². The van der Waals surface area contributed by atoms with Crippen molar-refractivity contribution < 1.29 is 4.79 Å². The molecule has 4 heteroatoms. The Morgan fingerprint density at radius 2 is 1.71 bits per heavy atom. The van der Waals surface area contributed by atoms with Crippen LogP contribution >= 0.6 is 12.4 Å². The fourth-order valence-electron chi connectivity index (χ4n) is 3.08. The first-order valence-electron chi connectivity index (χ1n) is 6.73. The molecule has 0 aromatic heterocycles. The van der Waals surface area contributed by atoms with Gasteiger partial charge < -0.3 is 10.6 Å². The number of rotatable bonds is 2. The van der Waals surface area contributed by atoms with Crippen LogP contribution in [0.3, 0.4) is 0 Å². The van der Waals surface area contributed by atoms with Crippen LogP contribution in [0.15, 0.2) is 0 Å². The van der Waals surface area contributed by atoms with Crippen molar-refractivity contribution in [2.75, 3.05) is 13.1 Å². The lowest BCUT2D eigenvalue weighted by Crippen LogP contribution is -2.44. The SMILES string of the molecule is CC(N)C1CCN(C(=O)C2CCCC2)CC1.Cl. The lowest BCUT2D eigenvalue weighted by molar-refractivity contribution is -0.136. The lowest BCUT2D eigenvalue weighted by atomic mass is 9.90. The van der Waals surface area contributed by atoms with E-state index in [0.29, 0.717) is 17.7 Å². The molecular formula is C13H25ClN2O. The molecule has 100 valence electrons. The number of hydrogen-bond donors (Lipinski definition) is 1. The fraction of sp³-hybridized carbons (Fsp3) is 0.923.